The zero-order valence-corrected chi connectivity index (χ0v) is 10.7. The van der Waals surface area contributed by atoms with Crippen LogP contribution in [-0.4, -0.2) is 28.5 Å². The predicted octanol–water partition coefficient (Wildman–Crippen LogP) is 1.01. The fourth-order valence-corrected chi connectivity index (χ4v) is 1.38. The molecule has 0 atom stereocenters. The summed E-state index contributed by atoms with van der Waals surface area (Å²) in [6.07, 6.45) is 1.54. The Morgan fingerprint density at radius 2 is 2.11 bits per heavy atom. The first-order valence-corrected chi connectivity index (χ1v) is 5.48. The summed E-state index contributed by atoms with van der Waals surface area (Å²) in [6, 6.07) is 1.67. The number of aromatic nitrogens is 1. The molecule has 18 heavy (non-hydrogen) atoms. The van der Waals surface area contributed by atoms with Crippen molar-refractivity contribution in [3.8, 4) is 0 Å². The number of anilines is 1. The van der Waals surface area contributed by atoms with Gasteiger partial charge in [-0.05, 0) is 32.4 Å². The number of nitrogens with two attached hydrogens (primary N) is 1. The van der Waals surface area contributed by atoms with E-state index in [4.69, 9.17) is 10.8 Å². The number of rotatable bonds is 5. The van der Waals surface area contributed by atoms with Crippen molar-refractivity contribution in [2.75, 3.05) is 11.9 Å². The second-order valence-electron chi connectivity index (χ2n) is 4.76. The number of hydrogen-bond donors (Lipinski definition) is 3. The molecule has 0 bridgehead atoms. The summed E-state index contributed by atoms with van der Waals surface area (Å²) in [5.74, 6) is -1.20. The van der Waals surface area contributed by atoms with Gasteiger partial charge >= 0.3 is 5.97 Å². The van der Waals surface area contributed by atoms with Crippen LogP contribution in [0.5, 0.6) is 0 Å². The smallest absolute Gasteiger partial charge is 0.310 e. The summed E-state index contributed by atoms with van der Waals surface area (Å²) in [5, 5.41) is 11.9. The average Bonchev–Trinajstić information content (AvgIpc) is 2.25. The van der Waals surface area contributed by atoms with Gasteiger partial charge in [-0.25, -0.2) is 4.98 Å². The third-order valence-electron chi connectivity index (χ3n) is 2.68. The quantitative estimate of drug-likeness (QED) is 0.724. The molecule has 1 aromatic heterocycles. The van der Waals surface area contributed by atoms with Gasteiger partial charge < -0.3 is 16.2 Å². The third-order valence-corrected chi connectivity index (χ3v) is 2.68. The molecule has 0 aliphatic heterocycles. The monoisotopic (exact) mass is 251 g/mol. The molecule has 0 spiro atoms. The lowest BCUT2D eigenvalue weighted by molar-refractivity contribution is -0.146. The van der Waals surface area contributed by atoms with Gasteiger partial charge in [0.2, 0.25) is 0 Å². The van der Waals surface area contributed by atoms with E-state index < -0.39 is 17.3 Å². The van der Waals surface area contributed by atoms with Crippen LogP contribution in [0.1, 0.15) is 29.8 Å². The number of carbonyl (C=O) groups is 2. The van der Waals surface area contributed by atoms with Gasteiger partial charge in [0, 0.05) is 12.7 Å². The van der Waals surface area contributed by atoms with Crippen LogP contribution < -0.4 is 11.1 Å². The Labute approximate surface area is 105 Å². The number of carboxylic acids is 1. The van der Waals surface area contributed by atoms with E-state index in [1.165, 1.54) is 6.20 Å². The van der Waals surface area contributed by atoms with Crippen molar-refractivity contribution in [3.63, 3.8) is 0 Å². The number of amides is 1. The van der Waals surface area contributed by atoms with Crippen molar-refractivity contribution in [2.24, 2.45) is 11.1 Å². The van der Waals surface area contributed by atoms with Gasteiger partial charge in [-0.15, -0.1) is 0 Å². The molecule has 0 radical (unpaired) electrons. The highest BCUT2D eigenvalue weighted by Gasteiger charge is 2.27. The molecular weight excluding hydrogens is 234 g/mol. The SMILES string of the molecule is Cc1ccnc(NCC(C)(C)C(=O)O)c1C(N)=O. The molecule has 98 valence electrons. The van der Waals surface area contributed by atoms with Crippen molar-refractivity contribution in [3.05, 3.63) is 23.4 Å². The maximum absolute atomic E-state index is 11.3. The van der Waals surface area contributed by atoms with E-state index in [1.54, 1.807) is 26.8 Å². The minimum Gasteiger partial charge on any atom is -0.481 e. The highest BCUT2D eigenvalue weighted by molar-refractivity contribution is 5.99. The van der Waals surface area contributed by atoms with E-state index in [2.05, 4.69) is 10.3 Å². The average molecular weight is 251 g/mol. The van der Waals surface area contributed by atoms with Crippen LogP contribution in [0.15, 0.2) is 12.3 Å². The highest BCUT2D eigenvalue weighted by Crippen LogP contribution is 2.20. The fraction of sp³-hybridized carbons (Fsp3) is 0.417. The number of nitrogens with one attached hydrogen (secondary N) is 1. The Kier molecular flexibility index (Phi) is 3.90. The molecule has 0 unspecified atom stereocenters. The Hall–Kier alpha value is -2.11. The molecule has 1 heterocycles. The zero-order chi connectivity index (χ0) is 13.9. The van der Waals surface area contributed by atoms with Crippen molar-refractivity contribution in [2.45, 2.75) is 20.8 Å². The molecule has 0 aromatic carbocycles. The highest BCUT2D eigenvalue weighted by atomic mass is 16.4. The minimum atomic E-state index is -0.958. The van der Waals surface area contributed by atoms with Crippen LogP contribution in [0.2, 0.25) is 0 Å². The predicted molar refractivity (Wildman–Crippen MR) is 67.4 cm³/mol. The van der Waals surface area contributed by atoms with E-state index in [9.17, 15) is 9.59 Å². The lowest BCUT2D eigenvalue weighted by Gasteiger charge is -2.20. The van der Waals surface area contributed by atoms with Crippen LogP contribution in [-0.2, 0) is 4.79 Å². The summed E-state index contributed by atoms with van der Waals surface area (Å²) in [4.78, 5) is 26.3. The first-order chi connectivity index (χ1) is 8.25. The van der Waals surface area contributed by atoms with E-state index in [0.717, 1.165) is 0 Å². The number of pyridine rings is 1. The normalized spacial score (nSPS) is 11.1. The maximum atomic E-state index is 11.3. The number of nitrogens with zero attached hydrogens (tertiary/aromatic N) is 1. The fourth-order valence-electron chi connectivity index (χ4n) is 1.38. The van der Waals surface area contributed by atoms with Gasteiger partial charge in [0.1, 0.15) is 5.82 Å². The van der Waals surface area contributed by atoms with E-state index in [1.807, 2.05) is 0 Å². The van der Waals surface area contributed by atoms with Crippen molar-refractivity contribution in [1.29, 1.82) is 0 Å². The zero-order valence-electron chi connectivity index (χ0n) is 10.7. The molecule has 6 nitrogen and oxygen atoms in total. The summed E-state index contributed by atoms with van der Waals surface area (Å²) < 4.78 is 0. The molecule has 0 aliphatic rings. The van der Waals surface area contributed by atoms with Crippen LogP contribution in [0.4, 0.5) is 5.82 Å². The Morgan fingerprint density at radius 3 is 2.61 bits per heavy atom. The number of carboxylic acid groups (broad SMARTS) is 1. The number of primary amides is 1. The second kappa shape index (κ2) is 5.03. The lowest BCUT2D eigenvalue weighted by atomic mass is 9.94. The molecule has 1 rings (SSSR count). The van der Waals surface area contributed by atoms with Crippen molar-refractivity contribution >= 4 is 17.7 Å². The molecule has 0 saturated heterocycles. The van der Waals surface area contributed by atoms with Gasteiger partial charge in [0.25, 0.3) is 5.91 Å². The Balaban J connectivity index is 2.96. The number of aliphatic carboxylic acids is 1. The van der Waals surface area contributed by atoms with Crippen molar-refractivity contribution in [1.82, 2.24) is 4.98 Å². The number of aryl methyl sites for hydroxylation is 1. The molecule has 4 N–H and O–H groups in total. The molecular formula is C12H17N3O3. The van der Waals surface area contributed by atoms with Gasteiger partial charge in [-0.2, -0.15) is 0 Å². The van der Waals surface area contributed by atoms with Crippen LogP contribution in [0, 0.1) is 12.3 Å². The molecule has 6 heteroatoms. The first-order valence-electron chi connectivity index (χ1n) is 5.48. The van der Waals surface area contributed by atoms with Crippen LogP contribution in [0.25, 0.3) is 0 Å². The van der Waals surface area contributed by atoms with E-state index in [0.29, 0.717) is 16.9 Å². The van der Waals surface area contributed by atoms with Gasteiger partial charge in [0.05, 0.1) is 11.0 Å². The Morgan fingerprint density at radius 1 is 1.50 bits per heavy atom. The minimum absolute atomic E-state index is 0.152. The summed E-state index contributed by atoms with van der Waals surface area (Å²) >= 11 is 0. The van der Waals surface area contributed by atoms with E-state index >= 15 is 0 Å². The van der Waals surface area contributed by atoms with Crippen LogP contribution in [0.3, 0.4) is 0 Å². The summed E-state index contributed by atoms with van der Waals surface area (Å²) in [7, 11) is 0. The first kappa shape index (κ1) is 14.0. The lowest BCUT2D eigenvalue weighted by Crippen LogP contribution is -2.32. The summed E-state index contributed by atoms with van der Waals surface area (Å²) in [6.45, 7) is 5.07. The number of hydrogen-bond acceptors (Lipinski definition) is 4. The molecule has 0 fully saturated rings. The standard InChI is InChI=1S/C12H17N3O3/c1-7-4-5-14-10(8(7)9(13)16)15-6-12(2,3)11(17)18/h4-5H,6H2,1-3H3,(H2,13,16)(H,14,15)(H,17,18). The van der Waals surface area contributed by atoms with Gasteiger partial charge in [0.15, 0.2) is 0 Å². The van der Waals surface area contributed by atoms with Gasteiger partial charge in [-0.3, -0.25) is 9.59 Å². The summed E-state index contributed by atoms with van der Waals surface area (Å²) in [5.41, 5.74) is 5.31. The molecule has 0 saturated carbocycles. The van der Waals surface area contributed by atoms with E-state index in [-0.39, 0.29) is 6.54 Å². The maximum Gasteiger partial charge on any atom is 0.310 e. The largest absolute Gasteiger partial charge is 0.481 e. The second-order valence-corrected chi connectivity index (χ2v) is 4.76. The number of carbonyl (C=O) groups excluding carboxylic acids is 1. The molecule has 1 amide bonds. The van der Waals surface area contributed by atoms with Crippen LogP contribution >= 0.6 is 0 Å². The molecule has 1 aromatic rings. The topological polar surface area (TPSA) is 105 Å². The third kappa shape index (κ3) is 2.97. The Bertz CT molecular complexity index is 483. The van der Waals surface area contributed by atoms with Gasteiger partial charge in [-0.1, -0.05) is 0 Å². The van der Waals surface area contributed by atoms with Crippen molar-refractivity contribution < 1.29 is 14.7 Å². The molecule has 0 aliphatic carbocycles.